The monoisotopic (exact) mass is 462 g/mol. The molecule has 0 spiro atoms. The van der Waals surface area contributed by atoms with Crippen molar-refractivity contribution in [2.24, 2.45) is 0 Å². The number of ether oxygens (including phenoxy) is 3. The molecule has 0 aliphatic carbocycles. The van der Waals surface area contributed by atoms with Gasteiger partial charge in [-0.3, -0.25) is 4.79 Å². The number of morpholine rings is 1. The fourth-order valence-electron chi connectivity index (χ4n) is 3.39. The van der Waals surface area contributed by atoms with Gasteiger partial charge in [-0.1, -0.05) is 6.07 Å². The Morgan fingerprint density at radius 3 is 2.31 bits per heavy atom. The third kappa shape index (κ3) is 6.44. The van der Waals surface area contributed by atoms with E-state index >= 15 is 0 Å². The molecule has 3 rings (SSSR count). The number of rotatable bonds is 9. The van der Waals surface area contributed by atoms with Gasteiger partial charge in [0.1, 0.15) is 18.1 Å². The lowest BCUT2D eigenvalue weighted by Gasteiger charge is -2.26. The molecular formula is C23H30N2O6S. The first-order valence-corrected chi connectivity index (χ1v) is 12.0. The van der Waals surface area contributed by atoms with Crippen LogP contribution in [0.4, 0.5) is 0 Å². The van der Waals surface area contributed by atoms with E-state index in [-0.39, 0.29) is 17.4 Å². The first kappa shape index (κ1) is 24.0. The summed E-state index contributed by atoms with van der Waals surface area (Å²) in [5, 5.41) is 2.78. The lowest BCUT2D eigenvalue weighted by atomic mass is 10.1. The Morgan fingerprint density at radius 2 is 1.69 bits per heavy atom. The molecule has 174 valence electrons. The van der Waals surface area contributed by atoms with Gasteiger partial charge < -0.3 is 19.5 Å². The SMILES string of the molecule is Cc1cc(C)cc(OC(C)C(=O)NCCOc2ccc(S(=O)(=O)N3CCOCC3)cc2)c1. The Bertz CT molecular complexity index is 997. The molecular weight excluding hydrogens is 432 g/mol. The average Bonchev–Trinajstić information content (AvgIpc) is 2.76. The van der Waals surface area contributed by atoms with E-state index in [0.717, 1.165) is 11.1 Å². The lowest BCUT2D eigenvalue weighted by molar-refractivity contribution is -0.127. The van der Waals surface area contributed by atoms with Crippen molar-refractivity contribution in [3.05, 3.63) is 53.6 Å². The Balaban J connectivity index is 1.43. The van der Waals surface area contributed by atoms with Gasteiger partial charge >= 0.3 is 0 Å². The van der Waals surface area contributed by atoms with E-state index < -0.39 is 16.1 Å². The van der Waals surface area contributed by atoms with Gasteiger partial charge in [0.2, 0.25) is 10.0 Å². The molecule has 2 aromatic carbocycles. The zero-order valence-electron chi connectivity index (χ0n) is 18.7. The summed E-state index contributed by atoms with van der Waals surface area (Å²) >= 11 is 0. The van der Waals surface area contributed by atoms with Crippen LogP contribution in [0.2, 0.25) is 0 Å². The Morgan fingerprint density at radius 1 is 1.06 bits per heavy atom. The molecule has 1 atom stereocenters. The van der Waals surface area contributed by atoms with Crippen molar-refractivity contribution in [2.75, 3.05) is 39.5 Å². The number of amides is 1. The molecule has 1 unspecified atom stereocenters. The van der Waals surface area contributed by atoms with Gasteiger partial charge in [0.05, 0.1) is 24.7 Å². The van der Waals surface area contributed by atoms with Crippen LogP contribution >= 0.6 is 0 Å². The molecule has 1 aliphatic rings. The Labute approximate surface area is 189 Å². The van der Waals surface area contributed by atoms with Crippen LogP contribution in [0.25, 0.3) is 0 Å². The van der Waals surface area contributed by atoms with E-state index in [0.29, 0.717) is 44.3 Å². The Hall–Kier alpha value is -2.62. The summed E-state index contributed by atoms with van der Waals surface area (Å²) in [7, 11) is -3.53. The van der Waals surface area contributed by atoms with Gasteiger partial charge in [0, 0.05) is 13.1 Å². The number of sulfonamides is 1. The van der Waals surface area contributed by atoms with Crippen LogP contribution in [0.15, 0.2) is 47.4 Å². The van der Waals surface area contributed by atoms with E-state index in [2.05, 4.69) is 5.32 Å². The normalized spacial score (nSPS) is 15.7. The topological polar surface area (TPSA) is 94.2 Å². The van der Waals surface area contributed by atoms with Gasteiger partial charge in [0.25, 0.3) is 5.91 Å². The van der Waals surface area contributed by atoms with Crippen LogP contribution in [0, 0.1) is 13.8 Å². The number of nitrogens with one attached hydrogen (secondary N) is 1. The smallest absolute Gasteiger partial charge is 0.260 e. The predicted octanol–water partition coefficient (Wildman–Crippen LogP) is 2.29. The van der Waals surface area contributed by atoms with Crippen LogP contribution in [-0.4, -0.2) is 64.2 Å². The quantitative estimate of drug-likeness (QED) is 0.575. The second-order valence-corrected chi connectivity index (χ2v) is 9.65. The summed E-state index contributed by atoms with van der Waals surface area (Å²) in [6.45, 7) is 7.71. The van der Waals surface area contributed by atoms with Crippen LogP contribution in [0.3, 0.4) is 0 Å². The maximum Gasteiger partial charge on any atom is 0.260 e. The number of carbonyl (C=O) groups excluding carboxylic acids is 1. The summed E-state index contributed by atoms with van der Waals surface area (Å²) in [4.78, 5) is 12.5. The molecule has 1 saturated heterocycles. The minimum atomic E-state index is -3.53. The van der Waals surface area contributed by atoms with Crippen LogP contribution < -0.4 is 14.8 Å². The van der Waals surface area contributed by atoms with Crippen molar-refractivity contribution in [1.29, 1.82) is 0 Å². The van der Waals surface area contributed by atoms with E-state index in [9.17, 15) is 13.2 Å². The molecule has 2 aromatic rings. The number of hydrogen-bond donors (Lipinski definition) is 1. The molecule has 8 nitrogen and oxygen atoms in total. The molecule has 0 saturated carbocycles. The first-order valence-electron chi connectivity index (χ1n) is 10.6. The highest BCUT2D eigenvalue weighted by atomic mass is 32.2. The maximum absolute atomic E-state index is 12.6. The minimum absolute atomic E-state index is 0.220. The number of aryl methyl sites for hydroxylation is 2. The molecule has 0 aromatic heterocycles. The zero-order valence-corrected chi connectivity index (χ0v) is 19.5. The molecule has 9 heteroatoms. The van der Waals surface area contributed by atoms with Crippen LogP contribution in [-0.2, 0) is 19.6 Å². The van der Waals surface area contributed by atoms with Gasteiger partial charge in [-0.25, -0.2) is 8.42 Å². The van der Waals surface area contributed by atoms with Gasteiger partial charge in [-0.2, -0.15) is 4.31 Å². The van der Waals surface area contributed by atoms with Crippen molar-refractivity contribution in [1.82, 2.24) is 9.62 Å². The third-order valence-corrected chi connectivity index (χ3v) is 6.89. The van der Waals surface area contributed by atoms with Crippen LogP contribution in [0.1, 0.15) is 18.1 Å². The second kappa shape index (κ2) is 10.8. The minimum Gasteiger partial charge on any atom is -0.492 e. The number of hydrogen-bond acceptors (Lipinski definition) is 6. The van der Waals surface area contributed by atoms with Crippen molar-refractivity contribution in [3.8, 4) is 11.5 Å². The summed E-state index contributed by atoms with van der Waals surface area (Å²) in [6, 6.07) is 12.1. The molecule has 1 N–H and O–H groups in total. The molecule has 1 heterocycles. The molecule has 0 bridgehead atoms. The van der Waals surface area contributed by atoms with Gasteiger partial charge in [0.15, 0.2) is 6.10 Å². The van der Waals surface area contributed by atoms with Crippen molar-refractivity contribution in [2.45, 2.75) is 31.8 Å². The van der Waals surface area contributed by atoms with Crippen LogP contribution in [0.5, 0.6) is 11.5 Å². The molecule has 0 radical (unpaired) electrons. The molecule has 1 aliphatic heterocycles. The lowest BCUT2D eigenvalue weighted by Crippen LogP contribution is -2.40. The van der Waals surface area contributed by atoms with E-state index in [1.807, 2.05) is 32.0 Å². The Kier molecular flexibility index (Phi) is 8.11. The number of carbonyl (C=O) groups is 1. The first-order chi connectivity index (χ1) is 15.3. The third-order valence-electron chi connectivity index (χ3n) is 4.98. The van der Waals surface area contributed by atoms with E-state index in [4.69, 9.17) is 14.2 Å². The molecule has 32 heavy (non-hydrogen) atoms. The fraction of sp³-hybridized carbons (Fsp3) is 0.435. The fourth-order valence-corrected chi connectivity index (χ4v) is 4.80. The average molecular weight is 463 g/mol. The summed E-state index contributed by atoms with van der Waals surface area (Å²) in [6.07, 6.45) is -0.638. The van der Waals surface area contributed by atoms with Crippen molar-refractivity contribution < 1.29 is 27.4 Å². The molecule has 1 amide bonds. The van der Waals surface area contributed by atoms with E-state index in [1.165, 1.54) is 16.4 Å². The highest BCUT2D eigenvalue weighted by Gasteiger charge is 2.26. The summed E-state index contributed by atoms with van der Waals surface area (Å²) < 4.78 is 43.2. The highest BCUT2D eigenvalue weighted by molar-refractivity contribution is 7.89. The van der Waals surface area contributed by atoms with Gasteiger partial charge in [-0.15, -0.1) is 0 Å². The summed E-state index contributed by atoms with van der Waals surface area (Å²) in [5.74, 6) is 0.952. The van der Waals surface area contributed by atoms with Crippen molar-refractivity contribution >= 4 is 15.9 Å². The molecule has 1 fully saturated rings. The van der Waals surface area contributed by atoms with Gasteiger partial charge in [-0.05, 0) is 68.3 Å². The zero-order chi connectivity index (χ0) is 23.1. The van der Waals surface area contributed by atoms with Crippen molar-refractivity contribution in [3.63, 3.8) is 0 Å². The number of nitrogens with zero attached hydrogens (tertiary/aromatic N) is 1. The maximum atomic E-state index is 12.6. The number of benzene rings is 2. The second-order valence-electron chi connectivity index (χ2n) is 7.71. The highest BCUT2D eigenvalue weighted by Crippen LogP contribution is 2.20. The predicted molar refractivity (Wildman–Crippen MR) is 121 cm³/mol. The largest absolute Gasteiger partial charge is 0.492 e. The standard InChI is InChI=1S/C23H30N2O6S/c1-17-14-18(2)16-21(15-17)31-19(3)23(26)24-8-11-30-20-4-6-22(7-5-20)32(27,28)25-9-12-29-13-10-25/h4-7,14-16,19H,8-13H2,1-3H3,(H,24,26). The summed E-state index contributed by atoms with van der Waals surface area (Å²) in [5.41, 5.74) is 2.15. The van der Waals surface area contributed by atoms with E-state index in [1.54, 1.807) is 19.1 Å².